The number of aryl methyl sites for hydroxylation is 2. The van der Waals surface area contributed by atoms with Crippen LogP contribution in [0.5, 0.6) is 5.75 Å². The predicted octanol–water partition coefficient (Wildman–Crippen LogP) is 5.71. The number of benzene rings is 2. The lowest BCUT2D eigenvalue weighted by atomic mass is 10.0. The molecule has 148 valence electrons. The molecule has 0 saturated heterocycles. The summed E-state index contributed by atoms with van der Waals surface area (Å²) in [7, 11) is 1.50. The Bertz CT molecular complexity index is 1180. The highest BCUT2D eigenvalue weighted by molar-refractivity contribution is 5.82. The largest absolute Gasteiger partial charge is 0.497 e. The molecule has 2 heterocycles. The van der Waals surface area contributed by atoms with Gasteiger partial charge in [0.1, 0.15) is 5.75 Å². The Morgan fingerprint density at radius 1 is 0.862 bits per heavy atom. The van der Waals surface area contributed by atoms with E-state index in [1.54, 1.807) is 38.1 Å². The van der Waals surface area contributed by atoms with E-state index in [-0.39, 0.29) is 11.2 Å². The lowest BCUT2D eigenvalue weighted by Gasteiger charge is -2.12. The van der Waals surface area contributed by atoms with E-state index in [4.69, 9.17) is 4.74 Å². The Kier molecular flexibility index (Phi) is 4.53. The molecule has 0 aliphatic carbocycles. The van der Waals surface area contributed by atoms with Gasteiger partial charge in [0, 0.05) is 11.3 Å². The molecular weight excluding hydrogens is 379 g/mol. The molecule has 0 unspecified atom stereocenters. The van der Waals surface area contributed by atoms with Crippen molar-refractivity contribution in [3.63, 3.8) is 0 Å². The molecule has 4 rings (SSSR count). The Balaban J connectivity index is 2.04. The molecule has 29 heavy (non-hydrogen) atoms. The molecule has 0 radical (unpaired) electrons. The van der Waals surface area contributed by atoms with Crippen molar-refractivity contribution in [1.29, 1.82) is 0 Å². The molecular formula is C22H18F3N3O. The lowest BCUT2D eigenvalue weighted by molar-refractivity contribution is -0.140. The number of methoxy groups -OCH3 is 1. The van der Waals surface area contributed by atoms with E-state index in [0.717, 1.165) is 11.1 Å². The van der Waals surface area contributed by atoms with Crippen LogP contribution in [-0.2, 0) is 6.18 Å². The fourth-order valence-electron chi connectivity index (χ4n) is 3.57. The highest BCUT2D eigenvalue weighted by atomic mass is 19.4. The van der Waals surface area contributed by atoms with E-state index in [9.17, 15) is 13.2 Å². The Labute approximate surface area is 165 Å². The van der Waals surface area contributed by atoms with Gasteiger partial charge in [-0.2, -0.15) is 18.3 Å². The number of rotatable bonds is 3. The van der Waals surface area contributed by atoms with Crippen molar-refractivity contribution in [3.8, 4) is 28.0 Å². The molecule has 2 aromatic carbocycles. The smallest absolute Gasteiger partial charge is 0.435 e. The van der Waals surface area contributed by atoms with E-state index in [0.29, 0.717) is 22.7 Å². The summed E-state index contributed by atoms with van der Waals surface area (Å²) in [4.78, 5) is 4.54. The number of ether oxygens (including phenoxy) is 1. The van der Waals surface area contributed by atoms with Crippen molar-refractivity contribution >= 4 is 5.65 Å². The van der Waals surface area contributed by atoms with Crippen LogP contribution in [0.2, 0.25) is 0 Å². The van der Waals surface area contributed by atoms with Gasteiger partial charge >= 0.3 is 6.18 Å². The van der Waals surface area contributed by atoms with Crippen LogP contribution in [0.4, 0.5) is 13.2 Å². The first kappa shape index (κ1) is 19.0. The van der Waals surface area contributed by atoms with Gasteiger partial charge in [0.25, 0.3) is 0 Å². The third-order valence-corrected chi connectivity index (χ3v) is 4.89. The van der Waals surface area contributed by atoms with Crippen LogP contribution in [0.3, 0.4) is 0 Å². The first-order valence-electron chi connectivity index (χ1n) is 8.98. The van der Waals surface area contributed by atoms with Gasteiger partial charge in [-0.1, -0.05) is 42.5 Å². The van der Waals surface area contributed by atoms with Crippen LogP contribution in [0, 0.1) is 13.8 Å². The van der Waals surface area contributed by atoms with E-state index >= 15 is 0 Å². The molecule has 0 aliphatic rings. The zero-order chi connectivity index (χ0) is 20.8. The number of hydrogen-bond acceptors (Lipinski definition) is 3. The van der Waals surface area contributed by atoms with Gasteiger partial charge in [-0.3, -0.25) is 0 Å². The molecule has 2 aromatic heterocycles. The number of alkyl halides is 3. The molecule has 0 spiro atoms. The molecule has 0 amide bonds. The van der Waals surface area contributed by atoms with Crippen molar-refractivity contribution in [2.24, 2.45) is 0 Å². The molecule has 0 saturated carbocycles. The minimum atomic E-state index is -4.61. The molecule has 0 atom stereocenters. The van der Waals surface area contributed by atoms with E-state index in [2.05, 4.69) is 10.1 Å². The second-order valence-electron chi connectivity index (χ2n) is 6.71. The summed E-state index contributed by atoms with van der Waals surface area (Å²) in [5.74, 6) is 0.561. The molecule has 7 heteroatoms. The normalized spacial score (nSPS) is 11.8. The Morgan fingerprint density at radius 2 is 1.48 bits per heavy atom. The number of aromatic nitrogens is 3. The molecule has 4 aromatic rings. The summed E-state index contributed by atoms with van der Waals surface area (Å²) < 4.78 is 47.9. The van der Waals surface area contributed by atoms with Gasteiger partial charge in [0.15, 0.2) is 11.3 Å². The van der Waals surface area contributed by atoms with Crippen LogP contribution in [0.25, 0.3) is 27.9 Å². The molecule has 0 aliphatic heterocycles. The van der Waals surface area contributed by atoms with Gasteiger partial charge < -0.3 is 4.74 Å². The second-order valence-corrected chi connectivity index (χ2v) is 6.71. The highest BCUT2D eigenvalue weighted by Gasteiger charge is 2.39. The van der Waals surface area contributed by atoms with Crippen molar-refractivity contribution in [2.75, 3.05) is 7.11 Å². The van der Waals surface area contributed by atoms with E-state index in [1.165, 1.54) is 11.6 Å². The second kappa shape index (κ2) is 6.92. The predicted molar refractivity (Wildman–Crippen MR) is 105 cm³/mol. The molecule has 0 bridgehead atoms. The average Bonchev–Trinajstić information content (AvgIpc) is 3.09. The lowest BCUT2D eigenvalue weighted by Crippen LogP contribution is -2.08. The van der Waals surface area contributed by atoms with Gasteiger partial charge in [-0.25, -0.2) is 9.50 Å². The highest BCUT2D eigenvalue weighted by Crippen LogP contribution is 2.40. The van der Waals surface area contributed by atoms with Crippen LogP contribution in [0.1, 0.15) is 17.1 Å². The number of fused-ring (bicyclic) bond motifs is 1. The van der Waals surface area contributed by atoms with Crippen LogP contribution in [0.15, 0.2) is 54.6 Å². The first-order chi connectivity index (χ1) is 13.8. The van der Waals surface area contributed by atoms with Gasteiger partial charge in [0.2, 0.25) is 0 Å². The first-order valence-corrected chi connectivity index (χ1v) is 8.98. The van der Waals surface area contributed by atoms with Crippen molar-refractivity contribution in [3.05, 3.63) is 71.7 Å². The standard InChI is InChI=1S/C22H18F3N3O/c1-13-18(15-7-5-4-6-8-15)14(2)28-21(26-13)19(20(27-28)22(23,24)25)16-9-11-17(29-3)12-10-16/h4-12H,1-3H3. The quantitative estimate of drug-likeness (QED) is 0.445. The molecule has 4 nitrogen and oxygen atoms in total. The van der Waals surface area contributed by atoms with Crippen LogP contribution in [-0.4, -0.2) is 21.7 Å². The zero-order valence-electron chi connectivity index (χ0n) is 16.1. The summed E-state index contributed by atoms with van der Waals surface area (Å²) in [5.41, 5.74) is 2.47. The monoisotopic (exact) mass is 397 g/mol. The Morgan fingerprint density at radius 3 is 2.07 bits per heavy atom. The third-order valence-electron chi connectivity index (χ3n) is 4.89. The SMILES string of the molecule is COc1ccc(-c2c(C(F)(F)F)nn3c(C)c(-c4ccccc4)c(C)nc23)cc1. The number of halogens is 3. The Hall–Kier alpha value is -3.35. The van der Waals surface area contributed by atoms with Gasteiger partial charge in [0.05, 0.1) is 18.4 Å². The van der Waals surface area contributed by atoms with Crippen LogP contribution < -0.4 is 4.74 Å². The zero-order valence-corrected chi connectivity index (χ0v) is 16.1. The van der Waals surface area contributed by atoms with Gasteiger partial charge in [-0.05, 0) is 37.1 Å². The van der Waals surface area contributed by atoms with Crippen molar-refractivity contribution in [1.82, 2.24) is 14.6 Å². The minimum absolute atomic E-state index is 0.0361. The summed E-state index contributed by atoms with van der Waals surface area (Å²) in [5, 5.41) is 3.93. The topological polar surface area (TPSA) is 39.4 Å². The van der Waals surface area contributed by atoms with Crippen LogP contribution >= 0.6 is 0 Å². The maximum Gasteiger partial charge on any atom is 0.435 e. The average molecular weight is 397 g/mol. The van der Waals surface area contributed by atoms with Gasteiger partial charge in [-0.15, -0.1) is 0 Å². The maximum absolute atomic E-state index is 13.8. The maximum atomic E-state index is 13.8. The van der Waals surface area contributed by atoms with Crippen molar-refractivity contribution in [2.45, 2.75) is 20.0 Å². The minimum Gasteiger partial charge on any atom is -0.497 e. The summed E-state index contributed by atoms with van der Waals surface area (Å²) >= 11 is 0. The fourth-order valence-corrected chi connectivity index (χ4v) is 3.57. The van der Waals surface area contributed by atoms with E-state index < -0.39 is 11.9 Å². The van der Waals surface area contributed by atoms with Crippen molar-refractivity contribution < 1.29 is 17.9 Å². The number of hydrogen-bond donors (Lipinski definition) is 0. The summed E-state index contributed by atoms with van der Waals surface area (Å²) in [6, 6.07) is 15.9. The summed E-state index contributed by atoms with van der Waals surface area (Å²) in [6.45, 7) is 3.56. The summed E-state index contributed by atoms with van der Waals surface area (Å²) in [6.07, 6.45) is -4.61. The fraction of sp³-hybridized carbons (Fsp3) is 0.182. The molecule has 0 fully saturated rings. The molecule has 0 N–H and O–H groups in total. The van der Waals surface area contributed by atoms with E-state index in [1.807, 2.05) is 30.3 Å². The third kappa shape index (κ3) is 3.22. The number of nitrogens with zero attached hydrogens (tertiary/aromatic N) is 3.